The summed E-state index contributed by atoms with van der Waals surface area (Å²) < 4.78 is 38.0. The van der Waals surface area contributed by atoms with Gasteiger partial charge in [0, 0.05) is 13.2 Å². The van der Waals surface area contributed by atoms with Gasteiger partial charge in [-0.15, -0.1) is 0 Å². The van der Waals surface area contributed by atoms with E-state index in [-0.39, 0.29) is 19.6 Å². The zero-order chi connectivity index (χ0) is 8.04. The Morgan fingerprint density at radius 2 is 1.90 bits per heavy atom. The van der Waals surface area contributed by atoms with Crippen molar-refractivity contribution in [3.8, 4) is 0 Å². The lowest BCUT2D eigenvalue weighted by Gasteiger charge is -2.05. The first-order valence-corrected chi connectivity index (χ1v) is 2.81. The van der Waals surface area contributed by atoms with Crippen LogP contribution in [0.4, 0.5) is 13.2 Å². The highest BCUT2D eigenvalue weighted by Crippen LogP contribution is 2.14. The van der Waals surface area contributed by atoms with E-state index in [1.165, 1.54) is 0 Å². The molecule has 0 aliphatic heterocycles. The topological polar surface area (TPSA) is 29.5 Å². The van der Waals surface area contributed by atoms with Crippen LogP contribution < -0.4 is 0 Å². The lowest BCUT2D eigenvalue weighted by molar-refractivity contribution is -0.174. The molecule has 0 saturated carbocycles. The molecule has 0 aromatic rings. The molecule has 10 heavy (non-hydrogen) atoms. The number of aliphatic hydroxyl groups excluding tert-OH is 1. The molecule has 0 bridgehead atoms. The fourth-order valence-electron chi connectivity index (χ4n) is 0.355. The van der Waals surface area contributed by atoms with Crippen molar-refractivity contribution in [2.75, 3.05) is 19.8 Å². The second-order valence-electron chi connectivity index (χ2n) is 1.74. The van der Waals surface area contributed by atoms with Crippen LogP contribution in [-0.2, 0) is 4.74 Å². The SMILES string of the molecule is OCCCOCC(F)(F)F. The van der Waals surface area contributed by atoms with Gasteiger partial charge in [-0.1, -0.05) is 0 Å². The number of hydrogen-bond acceptors (Lipinski definition) is 2. The molecule has 1 N–H and O–H groups in total. The molecule has 2 nitrogen and oxygen atoms in total. The van der Waals surface area contributed by atoms with Gasteiger partial charge in [-0.2, -0.15) is 13.2 Å². The average Bonchev–Trinajstić information content (AvgIpc) is 1.78. The first-order chi connectivity index (χ1) is 4.56. The van der Waals surface area contributed by atoms with Crippen molar-refractivity contribution in [1.82, 2.24) is 0 Å². The number of aliphatic hydroxyl groups is 1. The van der Waals surface area contributed by atoms with E-state index in [0.29, 0.717) is 0 Å². The van der Waals surface area contributed by atoms with Crippen LogP contribution in [0.25, 0.3) is 0 Å². The summed E-state index contributed by atoms with van der Waals surface area (Å²) in [5.74, 6) is 0. The van der Waals surface area contributed by atoms with Crippen molar-refractivity contribution in [2.24, 2.45) is 0 Å². The van der Waals surface area contributed by atoms with Crippen LogP contribution in [0.15, 0.2) is 0 Å². The highest BCUT2D eigenvalue weighted by atomic mass is 19.4. The van der Waals surface area contributed by atoms with E-state index in [2.05, 4.69) is 4.74 Å². The fourth-order valence-corrected chi connectivity index (χ4v) is 0.355. The third kappa shape index (κ3) is 7.71. The van der Waals surface area contributed by atoms with Gasteiger partial charge in [0.25, 0.3) is 0 Å². The van der Waals surface area contributed by atoms with Gasteiger partial charge in [0.05, 0.1) is 0 Å². The Labute approximate surface area is 56.6 Å². The smallest absolute Gasteiger partial charge is 0.396 e. The van der Waals surface area contributed by atoms with Crippen molar-refractivity contribution >= 4 is 0 Å². The molecule has 62 valence electrons. The normalized spacial score (nSPS) is 12.0. The van der Waals surface area contributed by atoms with Gasteiger partial charge in [0.15, 0.2) is 0 Å². The highest BCUT2D eigenvalue weighted by molar-refractivity contribution is 4.44. The Bertz CT molecular complexity index is 81.5. The first kappa shape index (κ1) is 9.71. The third-order valence-electron chi connectivity index (χ3n) is 0.713. The molecule has 0 aliphatic carbocycles. The van der Waals surface area contributed by atoms with E-state index in [1.807, 2.05) is 0 Å². The van der Waals surface area contributed by atoms with Gasteiger partial charge in [-0.05, 0) is 6.42 Å². The van der Waals surface area contributed by atoms with Crippen LogP contribution >= 0.6 is 0 Å². The third-order valence-corrected chi connectivity index (χ3v) is 0.713. The molecule has 0 unspecified atom stereocenters. The summed E-state index contributed by atoms with van der Waals surface area (Å²) in [5, 5.41) is 8.13. The molecule has 0 radical (unpaired) electrons. The minimum absolute atomic E-state index is 0.0456. The summed E-state index contributed by atoms with van der Waals surface area (Å²) in [4.78, 5) is 0. The predicted molar refractivity (Wildman–Crippen MR) is 28.6 cm³/mol. The van der Waals surface area contributed by atoms with E-state index in [9.17, 15) is 13.2 Å². The fraction of sp³-hybridized carbons (Fsp3) is 1.00. The first-order valence-electron chi connectivity index (χ1n) is 2.81. The Balaban J connectivity index is 3.04. The van der Waals surface area contributed by atoms with Gasteiger partial charge >= 0.3 is 6.18 Å². The number of rotatable bonds is 4. The van der Waals surface area contributed by atoms with Crippen LogP contribution in [0.2, 0.25) is 0 Å². The molecule has 0 saturated heterocycles. The summed E-state index contributed by atoms with van der Waals surface area (Å²) in [7, 11) is 0. The van der Waals surface area contributed by atoms with Crippen LogP contribution in [0.5, 0.6) is 0 Å². The lowest BCUT2D eigenvalue weighted by Crippen LogP contribution is -2.17. The summed E-state index contributed by atoms with van der Waals surface area (Å²) >= 11 is 0. The van der Waals surface area contributed by atoms with Crippen LogP contribution in [0.1, 0.15) is 6.42 Å². The van der Waals surface area contributed by atoms with Crippen molar-refractivity contribution in [3.63, 3.8) is 0 Å². The van der Waals surface area contributed by atoms with Crippen LogP contribution in [0, 0.1) is 0 Å². The molecule has 0 amide bonds. The molecule has 0 atom stereocenters. The van der Waals surface area contributed by atoms with Crippen molar-refractivity contribution in [3.05, 3.63) is 0 Å². The highest BCUT2D eigenvalue weighted by Gasteiger charge is 2.26. The molecular formula is C5H9F3O2. The lowest BCUT2D eigenvalue weighted by atomic mass is 10.5. The second-order valence-corrected chi connectivity index (χ2v) is 1.74. The molecular weight excluding hydrogens is 149 g/mol. The minimum atomic E-state index is -4.25. The summed E-state index contributed by atoms with van der Waals surface area (Å²) in [6, 6.07) is 0. The van der Waals surface area contributed by atoms with Crippen molar-refractivity contribution < 1.29 is 23.0 Å². The minimum Gasteiger partial charge on any atom is -0.396 e. The van der Waals surface area contributed by atoms with Crippen LogP contribution in [-0.4, -0.2) is 31.1 Å². The Morgan fingerprint density at radius 3 is 2.30 bits per heavy atom. The average molecular weight is 158 g/mol. The molecule has 0 aromatic heterocycles. The number of halogens is 3. The molecule has 0 spiro atoms. The van der Waals surface area contributed by atoms with E-state index < -0.39 is 12.8 Å². The van der Waals surface area contributed by atoms with Gasteiger partial charge in [0.1, 0.15) is 6.61 Å². The quantitative estimate of drug-likeness (QED) is 0.617. The van der Waals surface area contributed by atoms with E-state index in [1.54, 1.807) is 0 Å². The summed E-state index contributed by atoms with van der Waals surface area (Å²) in [6.07, 6.45) is -4.01. The molecule has 0 heterocycles. The second kappa shape index (κ2) is 4.51. The predicted octanol–water partition coefficient (Wildman–Crippen LogP) is 0.948. The zero-order valence-electron chi connectivity index (χ0n) is 5.32. The summed E-state index contributed by atoms with van der Waals surface area (Å²) in [5.41, 5.74) is 0. The van der Waals surface area contributed by atoms with Gasteiger partial charge < -0.3 is 9.84 Å². The molecule has 5 heteroatoms. The maximum absolute atomic E-state index is 11.3. The molecule has 0 aromatic carbocycles. The van der Waals surface area contributed by atoms with Crippen molar-refractivity contribution in [1.29, 1.82) is 0 Å². The van der Waals surface area contributed by atoms with Gasteiger partial charge in [-0.25, -0.2) is 0 Å². The largest absolute Gasteiger partial charge is 0.411 e. The Morgan fingerprint density at radius 1 is 1.30 bits per heavy atom. The molecule has 0 fully saturated rings. The van der Waals surface area contributed by atoms with Crippen molar-refractivity contribution in [2.45, 2.75) is 12.6 Å². The van der Waals surface area contributed by atoms with Gasteiger partial charge in [0.2, 0.25) is 0 Å². The number of alkyl halides is 3. The summed E-state index contributed by atoms with van der Waals surface area (Å²) in [6.45, 7) is -1.42. The number of hydrogen-bond donors (Lipinski definition) is 1. The molecule has 0 aliphatic rings. The molecule has 0 rings (SSSR count). The Kier molecular flexibility index (Phi) is 4.38. The van der Waals surface area contributed by atoms with E-state index in [4.69, 9.17) is 5.11 Å². The monoisotopic (exact) mass is 158 g/mol. The van der Waals surface area contributed by atoms with Crippen LogP contribution in [0.3, 0.4) is 0 Å². The zero-order valence-corrected chi connectivity index (χ0v) is 5.32. The van der Waals surface area contributed by atoms with Gasteiger partial charge in [-0.3, -0.25) is 0 Å². The Hall–Kier alpha value is -0.290. The standard InChI is InChI=1S/C5H9F3O2/c6-5(7,8)4-10-3-1-2-9/h9H,1-4H2. The number of ether oxygens (including phenoxy) is 1. The maximum atomic E-state index is 11.3. The maximum Gasteiger partial charge on any atom is 0.411 e. The van der Waals surface area contributed by atoms with E-state index in [0.717, 1.165) is 0 Å². The van der Waals surface area contributed by atoms with E-state index >= 15 is 0 Å².